The molecule has 0 radical (unpaired) electrons. The predicted molar refractivity (Wildman–Crippen MR) is 114 cm³/mol. The number of nitrogens with zero attached hydrogens (tertiary/aromatic N) is 2. The van der Waals surface area contributed by atoms with Gasteiger partial charge in [-0.2, -0.15) is 0 Å². The molecule has 0 unspecified atom stereocenters. The Morgan fingerprint density at radius 1 is 1.24 bits per heavy atom. The Hall–Kier alpha value is -3.65. The van der Waals surface area contributed by atoms with Gasteiger partial charge in [-0.05, 0) is 36.4 Å². The quantitative estimate of drug-likeness (QED) is 0.677. The maximum absolute atomic E-state index is 12.3. The van der Waals surface area contributed by atoms with Gasteiger partial charge in [0.05, 0.1) is 17.7 Å². The van der Waals surface area contributed by atoms with Crippen LogP contribution in [0.1, 0.15) is 10.4 Å². The summed E-state index contributed by atoms with van der Waals surface area (Å²) in [6.45, 7) is -0.291. The molecule has 146 valence electrons. The highest BCUT2D eigenvalue weighted by Gasteiger charge is 2.18. The molecule has 0 saturated carbocycles. The summed E-state index contributed by atoms with van der Waals surface area (Å²) < 4.78 is 6.13. The van der Waals surface area contributed by atoms with Gasteiger partial charge in [0, 0.05) is 23.0 Å². The fourth-order valence-corrected chi connectivity index (χ4v) is 3.80. The maximum Gasteiger partial charge on any atom is 0.311 e. The molecule has 2 heterocycles. The van der Waals surface area contributed by atoms with Gasteiger partial charge in [0.25, 0.3) is 0 Å². The van der Waals surface area contributed by atoms with Gasteiger partial charge in [0.2, 0.25) is 11.8 Å². The molecule has 29 heavy (non-hydrogen) atoms. The van der Waals surface area contributed by atoms with Crippen molar-refractivity contribution in [3.63, 3.8) is 0 Å². The highest BCUT2D eigenvalue weighted by Crippen LogP contribution is 2.34. The molecule has 2 N–H and O–H groups in total. The van der Waals surface area contributed by atoms with Crippen LogP contribution in [-0.2, 0) is 11.3 Å². The minimum Gasteiger partial charge on any atom is -0.497 e. The lowest BCUT2D eigenvalue weighted by molar-refractivity contribution is -0.116. The van der Waals surface area contributed by atoms with E-state index in [1.165, 1.54) is 0 Å². The van der Waals surface area contributed by atoms with Gasteiger partial charge >= 0.3 is 4.87 Å². The third-order valence-electron chi connectivity index (χ3n) is 4.41. The first-order chi connectivity index (χ1) is 14.0. The molecule has 1 aliphatic heterocycles. The van der Waals surface area contributed by atoms with E-state index in [1.807, 2.05) is 24.3 Å². The largest absolute Gasteiger partial charge is 0.497 e. The number of thiazole rings is 1. The van der Waals surface area contributed by atoms with Crippen LogP contribution in [0.5, 0.6) is 11.6 Å². The standard InChI is InChI=1S/C21H17N3O4S/c1-28-15-8-6-14(7-9-15)23-19(25)12-24-20(26)18(29-21(24)27)10-13-11-22-17-5-3-2-4-16(13)17/h2-11,26H,12H2,1H3,(H,23,25)/b13-10-. The zero-order chi connectivity index (χ0) is 20.4. The number of para-hydroxylation sites is 1. The van der Waals surface area contributed by atoms with Gasteiger partial charge < -0.3 is 15.2 Å². The number of hydrogen-bond acceptors (Lipinski definition) is 6. The molecule has 0 fully saturated rings. The van der Waals surface area contributed by atoms with Crippen molar-refractivity contribution >= 4 is 46.5 Å². The molecular weight excluding hydrogens is 390 g/mol. The van der Waals surface area contributed by atoms with Crippen LogP contribution >= 0.6 is 11.3 Å². The van der Waals surface area contributed by atoms with E-state index in [2.05, 4.69) is 10.3 Å². The third kappa shape index (κ3) is 3.83. The van der Waals surface area contributed by atoms with Crippen molar-refractivity contribution in [2.45, 2.75) is 6.54 Å². The number of rotatable bonds is 5. The Labute approximate surface area is 170 Å². The fourth-order valence-electron chi connectivity index (χ4n) is 2.96. The molecule has 2 aromatic carbocycles. The zero-order valence-electron chi connectivity index (χ0n) is 15.5. The molecule has 1 amide bonds. The summed E-state index contributed by atoms with van der Waals surface area (Å²) >= 11 is 0.879. The van der Waals surface area contributed by atoms with Gasteiger partial charge in [-0.25, -0.2) is 0 Å². The van der Waals surface area contributed by atoms with Crippen molar-refractivity contribution in [1.29, 1.82) is 0 Å². The highest BCUT2D eigenvalue weighted by molar-refractivity contribution is 7.10. The van der Waals surface area contributed by atoms with E-state index >= 15 is 0 Å². The Bertz CT molecular complexity index is 1190. The van der Waals surface area contributed by atoms with Crippen LogP contribution in [-0.4, -0.2) is 28.9 Å². The monoisotopic (exact) mass is 407 g/mol. The number of carbonyl (C=O) groups excluding carboxylic acids is 1. The number of carbonyl (C=O) groups is 1. The lowest BCUT2D eigenvalue weighted by Gasteiger charge is -2.07. The second kappa shape index (κ2) is 7.76. The van der Waals surface area contributed by atoms with Crippen LogP contribution in [0.3, 0.4) is 0 Å². The number of amides is 1. The second-order valence-corrected chi connectivity index (χ2v) is 7.29. The molecule has 0 aliphatic carbocycles. The number of methoxy groups -OCH3 is 1. The fraction of sp³-hybridized carbons (Fsp3) is 0.0952. The van der Waals surface area contributed by atoms with E-state index < -0.39 is 10.8 Å². The summed E-state index contributed by atoms with van der Waals surface area (Å²) in [5.74, 6) is 0.0110. The van der Waals surface area contributed by atoms with Crippen LogP contribution in [0.15, 0.2) is 58.3 Å². The number of fused-ring (bicyclic) bond motifs is 1. The van der Waals surface area contributed by atoms with Gasteiger partial charge in [0.15, 0.2) is 0 Å². The summed E-state index contributed by atoms with van der Waals surface area (Å²) in [5.41, 5.74) is 3.13. The number of hydrogen-bond donors (Lipinski definition) is 2. The minimum atomic E-state index is -0.419. The Balaban J connectivity index is 1.53. The molecule has 7 nitrogen and oxygen atoms in total. The average Bonchev–Trinajstić information content (AvgIpc) is 3.25. The molecule has 0 bridgehead atoms. The van der Waals surface area contributed by atoms with Gasteiger partial charge in [-0.15, -0.1) is 0 Å². The summed E-state index contributed by atoms with van der Waals surface area (Å²) in [6.07, 6.45) is 3.39. The molecule has 1 aromatic heterocycles. The number of anilines is 1. The first kappa shape index (κ1) is 18.7. The van der Waals surface area contributed by atoms with E-state index in [9.17, 15) is 14.7 Å². The predicted octanol–water partition coefficient (Wildman–Crippen LogP) is 3.52. The average molecular weight is 407 g/mol. The molecule has 0 spiro atoms. The SMILES string of the molecule is COc1ccc(NC(=O)Cn2c(O)c(/C=C3/C=Nc4ccccc43)sc2=O)cc1. The minimum absolute atomic E-state index is 0.241. The smallest absolute Gasteiger partial charge is 0.311 e. The van der Waals surface area contributed by atoms with Crippen LogP contribution in [0.2, 0.25) is 0 Å². The zero-order valence-corrected chi connectivity index (χ0v) is 16.3. The molecule has 8 heteroatoms. The molecular formula is C21H17N3O4S. The Morgan fingerprint density at radius 3 is 2.76 bits per heavy atom. The van der Waals surface area contributed by atoms with Crippen molar-refractivity contribution in [1.82, 2.24) is 4.57 Å². The van der Waals surface area contributed by atoms with Crippen molar-refractivity contribution in [3.05, 3.63) is 68.6 Å². The normalized spacial score (nSPS) is 13.5. The van der Waals surface area contributed by atoms with Crippen molar-refractivity contribution < 1.29 is 14.6 Å². The molecule has 3 aromatic rings. The van der Waals surface area contributed by atoms with Crippen LogP contribution in [0.25, 0.3) is 11.6 Å². The molecule has 4 rings (SSSR count). The highest BCUT2D eigenvalue weighted by atomic mass is 32.1. The molecule has 0 saturated heterocycles. The van der Waals surface area contributed by atoms with Crippen molar-refractivity contribution in [2.75, 3.05) is 12.4 Å². The Kier molecular flexibility index (Phi) is 5.01. The lowest BCUT2D eigenvalue weighted by Crippen LogP contribution is -2.24. The van der Waals surface area contributed by atoms with E-state index in [4.69, 9.17) is 4.74 Å². The topological polar surface area (TPSA) is 92.9 Å². The van der Waals surface area contributed by atoms with Gasteiger partial charge in [0.1, 0.15) is 12.3 Å². The van der Waals surface area contributed by atoms with E-state index in [0.717, 1.165) is 32.7 Å². The number of aromatic hydroxyl groups is 1. The number of ether oxygens (including phenoxy) is 1. The van der Waals surface area contributed by atoms with Crippen molar-refractivity contribution in [3.8, 4) is 11.6 Å². The maximum atomic E-state index is 12.3. The second-order valence-electron chi connectivity index (χ2n) is 6.29. The van der Waals surface area contributed by atoms with E-state index in [-0.39, 0.29) is 12.4 Å². The van der Waals surface area contributed by atoms with Crippen LogP contribution < -0.4 is 14.9 Å². The van der Waals surface area contributed by atoms with E-state index in [0.29, 0.717) is 16.3 Å². The Morgan fingerprint density at radius 2 is 2.00 bits per heavy atom. The third-order valence-corrected chi connectivity index (χ3v) is 5.33. The summed E-state index contributed by atoms with van der Waals surface area (Å²) in [5, 5.41) is 13.2. The first-order valence-corrected chi connectivity index (χ1v) is 9.58. The number of aliphatic imine (C=N–C) groups is 1. The van der Waals surface area contributed by atoms with Crippen LogP contribution in [0, 0.1) is 0 Å². The van der Waals surface area contributed by atoms with Gasteiger partial charge in [-0.1, -0.05) is 29.5 Å². The molecule has 0 atom stereocenters. The summed E-state index contributed by atoms with van der Waals surface area (Å²) in [4.78, 5) is 28.9. The van der Waals surface area contributed by atoms with E-state index in [1.54, 1.807) is 43.7 Å². The van der Waals surface area contributed by atoms with Gasteiger partial charge in [-0.3, -0.25) is 19.1 Å². The lowest BCUT2D eigenvalue weighted by atomic mass is 10.1. The number of allylic oxidation sites excluding steroid dienone is 1. The molecule has 1 aliphatic rings. The summed E-state index contributed by atoms with van der Waals surface area (Å²) in [6, 6.07) is 14.4. The number of benzene rings is 2. The summed E-state index contributed by atoms with van der Waals surface area (Å²) in [7, 11) is 1.56. The van der Waals surface area contributed by atoms with Crippen LogP contribution in [0.4, 0.5) is 11.4 Å². The number of nitrogens with one attached hydrogen (secondary N) is 1. The first-order valence-electron chi connectivity index (χ1n) is 8.77. The number of aromatic nitrogens is 1. The van der Waals surface area contributed by atoms with Crippen molar-refractivity contribution in [2.24, 2.45) is 4.99 Å².